The number of rotatable bonds is 6. The van der Waals surface area contributed by atoms with Gasteiger partial charge in [-0.1, -0.05) is 0 Å². The van der Waals surface area contributed by atoms with Crippen molar-refractivity contribution < 1.29 is 14.2 Å². The van der Waals surface area contributed by atoms with E-state index < -0.39 is 0 Å². The predicted octanol–water partition coefficient (Wildman–Crippen LogP) is 1.96. The lowest BCUT2D eigenvalue weighted by molar-refractivity contribution is -0.177. The SMILES string of the molecule is C#CCC[C@H](COC1CCCCO1)OC. The summed E-state index contributed by atoms with van der Waals surface area (Å²) in [5, 5.41) is 0. The Labute approximate surface area is 92.1 Å². The monoisotopic (exact) mass is 212 g/mol. The molecule has 0 aromatic heterocycles. The smallest absolute Gasteiger partial charge is 0.157 e. The van der Waals surface area contributed by atoms with Gasteiger partial charge < -0.3 is 14.2 Å². The molecule has 0 aliphatic carbocycles. The summed E-state index contributed by atoms with van der Waals surface area (Å²) in [4.78, 5) is 0. The number of hydrogen-bond acceptors (Lipinski definition) is 3. The van der Waals surface area contributed by atoms with Gasteiger partial charge >= 0.3 is 0 Å². The molecule has 0 radical (unpaired) electrons. The molecule has 3 heteroatoms. The van der Waals surface area contributed by atoms with E-state index in [1.807, 2.05) is 0 Å². The highest BCUT2D eigenvalue weighted by molar-refractivity contribution is 4.84. The van der Waals surface area contributed by atoms with Crippen LogP contribution in [0.5, 0.6) is 0 Å². The minimum absolute atomic E-state index is 0.0396. The van der Waals surface area contributed by atoms with Crippen LogP contribution in [0.3, 0.4) is 0 Å². The molecule has 0 bridgehead atoms. The number of ether oxygens (including phenoxy) is 3. The Morgan fingerprint density at radius 1 is 1.53 bits per heavy atom. The molecule has 15 heavy (non-hydrogen) atoms. The molecule has 0 saturated carbocycles. The fourth-order valence-corrected chi connectivity index (χ4v) is 1.57. The van der Waals surface area contributed by atoms with Gasteiger partial charge in [0, 0.05) is 20.1 Å². The average molecular weight is 212 g/mol. The summed E-state index contributed by atoms with van der Waals surface area (Å²) in [5.74, 6) is 2.60. The van der Waals surface area contributed by atoms with Crippen molar-refractivity contribution in [2.24, 2.45) is 0 Å². The minimum atomic E-state index is -0.0396. The van der Waals surface area contributed by atoms with Crippen molar-refractivity contribution in [3.05, 3.63) is 0 Å². The highest BCUT2D eigenvalue weighted by Gasteiger charge is 2.16. The van der Waals surface area contributed by atoms with Crippen LogP contribution in [0.25, 0.3) is 0 Å². The molecule has 1 aliphatic rings. The highest BCUT2D eigenvalue weighted by atomic mass is 16.7. The number of terminal acetylenes is 1. The first kappa shape index (κ1) is 12.5. The first-order valence-corrected chi connectivity index (χ1v) is 5.56. The molecule has 0 aromatic carbocycles. The van der Waals surface area contributed by atoms with E-state index >= 15 is 0 Å². The normalized spacial score (nSPS) is 23.3. The lowest BCUT2D eigenvalue weighted by Gasteiger charge is -2.24. The first-order chi connectivity index (χ1) is 7.36. The van der Waals surface area contributed by atoms with Gasteiger partial charge in [-0.3, -0.25) is 0 Å². The van der Waals surface area contributed by atoms with Crippen molar-refractivity contribution in [2.75, 3.05) is 20.3 Å². The number of methoxy groups -OCH3 is 1. The van der Waals surface area contributed by atoms with Gasteiger partial charge in [0.2, 0.25) is 0 Å². The number of hydrogen-bond donors (Lipinski definition) is 0. The molecule has 0 amide bonds. The van der Waals surface area contributed by atoms with Gasteiger partial charge in [-0.15, -0.1) is 12.3 Å². The molecule has 3 nitrogen and oxygen atoms in total. The summed E-state index contributed by atoms with van der Waals surface area (Å²) < 4.78 is 16.3. The van der Waals surface area contributed by atoms with Gasteiger partial charge in [-0.2, -0.15) is 0 Å². The first-order valence-electron chi connectivity index (χ1n) is 5.56. The predicted molar refractivity (Wildman–Crippen MR) is 58.4 cm³/mol. The maximum absolute atomic E-state index is 5.62. The zero-order valence-electron chi connectivity index (χ0n) is 9.41. The Morgan fingerprint density at radius 3 is 3.00 bits per heavy atom. The van der Waals surface area contributed by atoms with Gasteiger partial charge in [0.25, 0.3) is 0 Å². The summed E-state index contributed by atoms with van der Waals surface area (Å²) in [6, 6.07) is 0. The molecule has 0 N–H and O–H groups in total. The van der Waals surface area contributed by atoms with Crippen LogP contribution in [0.15, 0.2) is 0 Å². The average Bonchev–Trinajstić information content (AvgIpc) is 2.31. The van der Waals surface area contributed by atoms with Crippen LogP contribution in [0.1, 0.15) is 32.1 Å². The lowest BCUT2D eigenvalue weighted by Crippen LogP contribution is -2.27. The molecule has 2 atom stereocenters. The Hall–Kier alpha value is -0.560. The molecule has 1 unspecified atom stereocenters. The van der Waals surface area contributed by atoms with E-state index in [0.717, 1.165) is 32.3 Å². The molecule has 0 spiro atoms. The van der Waals surface area contributed by atoms with Crippen LogP contribution >= 0.6 is 0 Å². The van der Waals surface area contributed by atoms with Crippen LogP contribution in [0.4, 0.5) is 0 Å². The minimum Gasteiger partial charge on any atom is -0.379 e. The maximum atomic E-state index is 5.62. The lowest BCUT2D eigenvalue weighted by atomic mass is 10.2. The standard InChI is InChI=1S/C12H20O3/c1-3-4-7-11(13-2)10-15-12-8-5-6-9-14-12/h1,11-12H,4-10H2,2H3/t11-,12?/m1/s1. The molecule has 1 saturated heterocycles. The van der Waals surface area contributed by atoms with Crippen molar-refractivity contribution in [1.82, 2.24) is 0 Å². The third-order valence-corrected chi connectivity index (χ3v) is 2.55. The van der Waals surface area contributed by atoms with Crippen LogP contribution in [-0.4, -0.2) is 32.7 Å². The van der Waals surface area contributed by atoms with E-state index in [1.165, 1.54) is 6.42 Å². The summed E-state index contributed by atoms with van der Waals surface area (Å²) in [6.07, 6.45) is 10.1. The third kappa shape index (κ3) is 5.17. The molecule has 1 rings (SSSR count). The van der Waals surface area contributed by atoms with Gasteiger partial charge in [-0.25, -0.2) is 0 Å². The Kier molecular flexibility index (Phi) is 6.42. The molecule has 86 valence electrons. The zero-order chi connectivity index (χ0) is 10.9. The van der Waals surface area contributed by atoms with Crippen LogP contribution in [0, 0.1) is 12.3 Å². The fraction of sp³-hybridized carbons (Fsp3) is 0.833. The van der Waals surface area contributed by atoms with E-state index in [2.05, 4.69) is 5.92 Å². The Bertz CT molecular complexity index is 192. The van der Waals surface area contributed by atoms with Crippen molar-refractivity contribution in [1.29, 1.82) is 0 Å². The third-order valence-electron chi connectivity index (χ3n) is 2.55. The van der Waals surface area contributed by atoms with E-state index in [1.54, 1.807) is 7.11 Å². The summed E-state index contributed by atoms with van der Waals surface area (Å²) in [6.45, 7) is 1.38. The second-order valence-electron chi connectivity index (χ2n) is 3.73. The topological polar surface area (TPSA) is 27.7 Å². The molecule has 1 heterocycles. The second kappa shape index (κ2) is 7.70. The van der Waals surface area contributed by atoms with Gasteiger partial charge in [0.15, 0.2) is 6.29 Å². The molecule has 1 aliphatic heterocycles. The largest absolute Gasteiger partial charge is 0.379 e. The van der Waals surface area contributed by atoms with E-state index in [4.69, 9.17) is 20.6 Å². The van der Waals surface area contributed by atoms with Crippen molar-refractivity contribution in [3.63, 3.8) is 0 Å². The summed E-state index contributed by atoms with van der Waals surface area (Å²) in [5.41, 5.74) is 0. The molecule has 1 fully saturated rings. The molecule has 0 aromatic rings. The van der Waals surface area contributed by atoms with Gasteiger partial charge in [0.1, 0.15) is 0 Å². The quantitative estimate of drug-likeness (QED) is 0.630. The van der Waals surface area contributed by atoms with Crippen molar-refractivity contribution >= 4 is 0 Å². The van der Waals surface area contributed by atoms with Crippen LogP contribution < -0.4 is 0 Å². The molecular weight excluding hydrogens is 192 g/mol. The van der Waals surface area contributed by atoms with Crippen molar-refractivity contribution in [2.45, 2.75) is 44.5 Å². The van der Waals surface area contributed by atoms with Crippen LogP contribution in [0.2, 0.25) is 0 Å². The van der Waals surface area contributed by atoms with E-state index in [9.17, 15) is 0 Å². The second-order valence-corrected chi connectivity index (χ2v) is 3.73. The fourth-order valence-electron chi connectivity index (χ4n) is 1.57. The zero-order valence-corrected chi connectivity index (χ0v) is 9.41. The Morgan fingerprint density at radius 2 is 2.40 bits per heavy atom. The van der Waals surface area contributed by atoms with Crippen molar-refractivity contribution in [3.8, 4) is 12.3 Å². The van der Waals surface area contributed by atoms with Crippen LogP contribution in [-0.2, 0) is 14.2 Å². The van der Waals surface area contributed by atoms with E-state index in [0.29, 0.717) is 6.61 Å². The van der Waals surface area contributed by atoms with Gasteiger partial charge in [0.05, 0.1) is 12.7 Å². The highest BCUT2D eigenvalue weighted by Crippen LogP contribution is 2.14. The summed E-state index contributed by atoms with van der Waals surface area (Å²) >= 11 is 0. The molecular formula is C12H20O3. The Balaban J connectivity index is 2.12. The van der Waals surface area contributed by atoms with Gasteiger partial charge in [-0.05, 0) is 25.7 Å². The maximum Gasteiger partial charge on any atom is 0.157 e. The summed E-state index contributed by atoms with van der Waals surface area (Å²) in [7, 11) is 1.69. The van der Waals surface area contributed by atoms with E-state index in [-0.39, 0.29) is 12.4 Å².